The van der Waals surface area contributed by atoms with Crippen LogP contribution in [0.1, 0.15) is 31.0 Å². The molecule has 1 amide bonds. The molecular formula is C16H22ClN3O. The van der Waals surface area contributed by atoms with Gasteiger partial charge >= 0.3 is 0 Å². The highest BCUT2D eigenvalue weighted by Gasteiger charge is 2.31. The zero-order valence-corrected chi connectivity index (χ0v) is 13.0. The first-order valence-electron chi connectivity index (χ1n) is 7.75. The van der Waals surface area contributed by atoms with Crippen LogP contribution in [0.2, 0.25) is 5.02 Å². The molecule has 21 heavy (non-hydrogen) atoms. The molecule has 1 atom stereocenters. The van der Waals surface area contributed by atoms with E-state index in [1.165, 1.54) is 32.4 Å². The number of piperidine rings is 1. The lowest BCUT2D eigenvalue weighted by Gasteiger charge is -2.30. The van der Waals surface area contributed by atoms with Gasteiger partial charge in [-0.15, -0.1) is 0 Å². The summed E-state index contributed by atoms with van der Waals surface area (Å²) in [6.45, 7) is 4.52. The van der Waals surface area contributed by atoms with Crippen LogP contribution in [0.3, 0.4) is 0 Å². The van der Waals surface area contributed by atoms with Crippen molar-refractivity contribution in [3.8, 4) is 0 Å². The summed E-state index contributed by atoms with van der Waals surface area (Å²) in [5, 5.41) is 4.02. The van der Waals surface area contributed by atoms with Gasteiger partial charge < -0.3 is 9.80 Å². The SMILES string of the molecule is O=C1CNC(c2ccc(Cl)cc2)N1CCN1CCCCC1. The van der Waals surface area contributed by atoms with E-state index in [2.05, 4.69) is 10.2 Å². The fourth-order valence-electron chi connectivity index (χ4n) is 3.17. The topological polar surface area (TPSA) is 35.6 Å². The van der Waals surface area contributed by atoms with Crippen LogP contribution in [-0.2, 0) is 4.79 Å². The van der Waals surface area contributed by atoms with Gasteiger partial charge in [-0.25, -0.2) is 0 Å². The average molecular weight is 308 g/mol. The Morgan fingerprint density at radius 3 is 2.52 bits per heavy atom. The van der Waals surface area contributed by atoms with Gasteiger partial charge in [-0.3, -0.25) is 10.1 Å². The van der Waals surface area contributed by atoms with E-state index in [-0.39, 0.29) is 12.1 Å². The third-order valence-electron chi connectivity index (χ3n) is 4.37. The molecule has 1 N–H and O–H groups in total. The van der Waals surface area contributed by atoms with E-state index in [4.69, 9.17) is 11.6 Å². The highest BCUT2D eigenvalue weighted by Crippen LogP contribution is 2.23. The van der Waals surface area contributed by atoms with Crippen LogP contribution in [0.5, 0.6) is 0 Å². The molecule has 1 aromatic rings. The standard InChI is InChI=1S/C16H22ClN3O/c17-14-6-4-13(5-7-14)16-18-12-15(21)20(16)11-10-19-8-2-1-3-9-19/h4-7,16,18H,1-3,8-12H2. The summed E-state index contributed by atoms with van der Waals surface area (Å²) < 4.78 is 0. The second kappa shape index (κ2) is 6.77. The molecule has 4 nitrogen and oxygen atoms in total. The van der Waals surface area contributed by atoms with Crippen LogP contribution < -0.4 is 5.32 Å². The maximum Gasteiger partial charge on any atom is 0.238 e. The quantitative estimate of drug-likeness (QED) is 0.927. The number of carbonyl (C=O) groups is 1. The van der Waals surface area contributed by atoms with Gasteiger partial charge in [0.05, 0.1) is 6.54 Å². The molecule has 2 aliphatic rings. The minimum absolute atomic E-state index is 0.0143. The number of halogens is 1. The molecule has 5 heteroatoms. The van der Waals surface area contributed by atoms with Crippen molar-refractivity contribution in [1.29, 1.82) is 0 Å². The fraction of sp³-hybridized carbons (Fsp3) is 0.562. The van der Waals surface area contributed by atoms with E-state index in [1.54, 1.807) is 0 Å². The lowest BCUT2D eigenvalue weighted by atomic mass is 10.1. The number of likely N-dealkylation sites (tertiary alicyclic amines) is 1. The lowest BCUT2D eigenvalue weighted by Crippen LogP contribution is -2.40. The van der Waals surface area contributed by atoms with Crippen molar-refractivity contribution in [3.63, 3.8) is 0 Å². The first-order valence-corrected chi connectivity index (χ1v) is 8.12. The smallest absolute Gasteiger partial charge is 0.238 e. The van der Waals surface area contributed by atoms with Crippen molar-refractivity contribution in [2.75, 3.05) is 32.7 Å². The summed E-state index contributed by atoms with van der Waals surface area (Å²) in [4.78, 5) is 16.5. The largest absolute Gasteiger partial charge is 0.321 e. The van der Waals surface area contributed by atoms with Crippen LogP contribution >= 0.6 is 11.6 Å². The zero-order chi connectivity index (χ0) is 14.7. The van der Waals surface area contributed by atoms with E-state index < -0.39 is 0 Å². The molecule has 0 bridgehead atoms. The third kappa shape index (κ3) is 3.57. The van der Waals surface area contributed by atoms with Crippen molar-refractivity contribution in [2.45, 2.75) is 25.4 Å². The van der Waals surface area contributed by atoms with Crippen LogP contribution in [0.15, 0.2) is 24.3 Å². The molecule has 2 aliphatic heterocycles. The van der Waals surface area contributed by atoms with Gasteiger partial charge in [-0.05, 0) is 43.6 Å². The maximum absolute atomic E-state index is 12.1. The maximum atomic E-state index is 12.1. The van der Waals surface area contributed by atoms with Gasteiger partial charge in [0.1, 0.15) is 6.17 Å². The molecule has 1 unspecified atom stereocenters. The van der Waals surface area contributed by atoms with E-state index >= 15 is 0 Å². The van der Waals surface area contributed by atoms with Gasteiger partial charge in [0, 0.05) is 18.1 Å². The third-order valence-corrected chi connectivity index (χ3v) is 4.62. The highest BCUT2D eigenvalue weighted by atomic mass is 35.5. The van der Waals surface area contributed by atoms with Crippen LogP contribution in [-0.4, -0.2) is 48.4 Å². The normalized spacial score (nSPS) is 23.8. The number of nitrogens with one attached hydrogen (secondary N) is 1. The number of rotatable bonds is 4. The van der Waals surface area contributed by atoms with Gasteiger partial charge in [-0.2, -0.15) is 0 Å². The summed E-state index contributed by atoms with van der Waals surface area (Å²) in [5.41, 5.74) is 1.10. The number of nitrogens with zero attached hydrogens (tertiary/aromatic N) is 2. The summed E-state index contributed by atoms with van der Waals surface area (Å²) >= 11 is 5.94. The number of amides is 1. The van der Waals surface area contributed by atoms with Gasteiger partial charge in [0.25, 0.3) is 0 Å². The zero-order valence-electron chi connectivity index (χ0n) is 12.2. The van der Waals surface area contributed by atoms with Crippen molar-refractivity contribution in [2.24, 2.45) is 0 Å². The number of hydrogen-bond donors (Lipinski definition) is 1. The molecular weight excluding hydrogens is 286 g/mol. The minimum atomic E-state index is -0.0143. The lowest BCUT2D eigenvalue weighted by molar-refractivity contribution is -0.128. The Bertz CT molecular complexity index is 485. The van der Waals surface area contributed by atoms with Crippen LogP contribution in [0.25, 0.3) is 0 Å². The van der Waals surface area contributed by atoms with Crippen molar-refractivity contribution < 1.29 is 4.79 Å². The summed E-state index contributed by atoms with van der Waals surface area (Å²) in [6.07, 6.45) is 3.90. The van der Waals surface area contributed by atoms with E-state index in [0.717, 1.165) is 23.7 Å². The molecule has 2 saturated heterocycles. The predicted molar refractivity (Wildman–Crippen MR) is 84.2 cm³/mol. The molecule has 0 saturated carbocycles. The number of carbonyl (C=O) groups excluding carboxylic acids is 1. The second-order valence-corrected chi connectivity index (χ2v) is 6.26. The predicted octanol–water partition coefficient (Wildman–Crippen LogP) is 2.26. The number of benzene rings is 1. The fourth-order valence-corrected chi connectivity index (χ4v) is 3.29. The first kappa shape index (κ1) is 14.8. The molecule has 0 aromatic heterocycles. The second-order valence-electron chi connectivity index (χ2n) is 5.82. The van der Waals surface area contributed by atoms with Crippen LogP contribution in [0.4, 0.5) is 0 Å². The first-order chi connectivity index (χ1) is 10.2. The molecule has 0 spiro atoms. The Hall–Kier alpha value is -1.10. The van der Waals surface area contributed by atoms with Crippen molar-refractivity contribution in [3.05, 3.63) is 34.9 Å². The molecule has 2 heterocycles. The van der Waals surface area contributed by atoms with E-state index in [1.807, 2.05) is 29.2 Å². The summed E-state index contributed by atoms with van der Waals surface area (Å²) in [5.74, 6) is 0.187. The van der Waals surface area contributed by atoms with E-state index in [9.17, 15) is 4.79 Å². The highest BCUT2D eigenvalue weighted by molar-refractivity contribution is 6.30. The molecule has 0 radical (unpaired) electrons. The van der Waals surface area contributed by atoms with Gasteiger partial charge in [0.2, 0.25) is 5.91 Å². The summed E-state index contributed by atoms with van der Waals surface area (Å²) in [6, 6.07) is 7.74. The summed E-state index contributed by atoms with van der Waals surface area (Å²) in [7, 11) is 0. The Morgan fingerprint density at radius 2 is 1.81 bits per heavy atom. The Kier molecular flexibility index (Phi) is 4.78. The molecule has 1 aromatic carbocycles. The Balaban J connectivity index is 1.63. The van der Waals surface area contributed by atoms with Gasteiger partial charge in [-0.1, -0.05) is 30.2 Å². The minimum Gasteiger partial charge on any atom is -0.321 e. The molecule has 0 aliphatic carbocycles. The Labute approximate surface area is 131 Å². The molecule has 2 fully saturated rings. The van der Waals surface area contributed by atoms with Crippen molar-refractivity contribution >= 4 is 17.5 Å². The molecule has 3 rings (SSSR count). The average Bonchev–Trinajstić information content (AvgIpc) is 2.88. The van der Waals surface area contributed by atoms with E-state index in [0.29, 0.717) is 6.54 Å². The van der Waals surface area contributed by atoms with Gasteiger partial charge in [0.15, 0.2) is 0 Å². The molecule has 114 valence electrons. The monoisotopic (exact) mass is 307 g/mol. The number of hydrogen-bond acceptors (Lipinski definition) is 3. The Morgan fingerprint density at radius 1 is 1.10 bits per heavy atom. The van der Waals surface area contributed by atoms with Crippen LogP contribution in [0, 0.1) is 0 Å². The van der Waals surface area contributed by atoms with Crippen molar-refractivity contribution in [1.82, 2.24) is 15.1 Å².